The molecule has 0 saturated heterocycles. The van der Waals surface area contributed by atoms with Gasteiger partial charge in [-0.1, -0.05) is 41.4 Å². The van der Waals surface area contributed by atoms with E-state index in [9.17, 15) is 24.0 Å². The second-order valence-electron chi connectivity index (χ2n) is 9.80. The van der Waals surface area contributed by atoms with Gasteiger partial charge >= 0.3 is 23.9 Å². The van der Waals surface area contributed by atoms with Gasteiger partial charge in [0.15, 0.2) is 0 Å². The predicted octanol–water partition coefficient (Wildman–Crippen LogP) is 4.58. The molecule has 1 spiro atoms. The van der Waals surface area contributed by atoms with Gasteiger partial charge in [-0.25, -0.2) is 19.2 Å². The van der Waals surface area contributed by atoms with Crippen LogP contribution < -0.4 is 9.64 Å². The van der Waals surface area contributed by atoms with Gasteiger partial charge in [-0.05, 0) is 52.0 Å². The van der Waals surface area contributed by atoms with Crippen LogP contribution in [0.25, 0.3) is 5.57 Å². The molecule has 3 heterocycles. The lowest BCUT2D eigenvalue weighted by molar-refractivity contribution is -0.138. The Morgan fingerprint density at radius 3 is 1.89 bits per heavy atom. The number of carbonyl (C=O) groups is 5. The van der Waals surface area contributed by atoms with Crippen LogP contribution in [-0.4, -0.2) is 74.4 Å². The molecule has 234 valence electrons. The number of thioether (sulfide) groups is 3. The second kappa shape index (κ2) is 12.8. The van der Waals surface area contributed by atoms with E-state index in [1.807, 2.05) is 20.8 Å². The zero-order valence-electron chi connectivity index (χ0n) is 25.3. The topological polar surface area (TPSA) is 135 Å². The van der Waals surface area contributed by atoms with Crippen molar-refractivity contribution in [3.8, 4) is 5.75 Å². The summed E-state index contributed by atoms with van der Waals surface area (Å²) in [5, 5.41) is 0. The summed E-state index contributed by atoms with van der Waals surface area (Å²) in [6, 6.07) is 5.20. The lowest BCUT2D eigenvalue weighted by Crippen LogP contribution is -2.53. The van der Waals surface area contributed by atoms with Gasteiger partial charge in [-0.2, -0.15) is 0 Å². The third-order valence-electron chi connectivity index (χ3n) is 6.95. The standard InChI is InChI=1S/C30H31NO10S3/c1-9-11-18(32)31-17-13-12-15(41-10-2)14-16(17)19-24(29(31,3)4)42-21(26(34)38-6)20(25(33)37-5)30(19)43-22(27(35)39-7)23(44-30)28(36)40-8/h9,11-14H,10H2,1-8H3/b11-9+. The number of hydrogen-bond donors (Lipinski definition) is 0. The molecule has 0 radical (unpaired) electrons. The van der Waals surface area contributed by atoms with Crippen LogP contribution in [-0.2, 0) is 42.9 Å². The van der Waals surface area contributed by atoms with Crippen molar-refractivity contribution in [2.45, 2.75) is 37.3 Å². The zero-order valence-corrected chi connectivity index (χ0v) is 27.8. The van der Waals surface area contributed by atoms with E-state index < -0.39 is 33.5 Å². The molecule has 0 bridgehead atoms. The first kappa shape index (κ1) is 33.3. The van der Waals surface area contributed by atoms with Crippen molar-refractivity contribution in [3.05, 3.63) is 61.1 Å². The summed E-state index contributed by atoms with van der Waals surface area (Å²) in [5.41, 5.74) is 0.167. The van der Waals surface area contributed by atoms with Crippen molar-refractivity contribution >= 4 is 76.3 Å². The number of allylic oxidation sites excluding steroid dienone is 1. The molecule has 3 aliphatic heterocycles. The maximum absolute atomic E-state index is 13.7. The number of fused-ring (bicyclic) bond motifs is 3. The first-order valence-corrected chi connectivity index (χ1v) is 15.7. The van der Waals surface area contributed by atoms with E-state index in [0.29, 0.717) is 34.1 Å². The average Bonchev–Trinajstić information content (AvgIpc) is 3.39. The minimum atomic E-state index is -1.67. The van der Waals surface area contributed by atoms with Crippen molar-refractivity contribution < 1.29 is 47.7 Å². The molecule has 4 rings (SSSR count). The lowest BCUT2D eigenvalue weighted by Gasteiger charge is -2.50. The fourth-order valence-corrected chi connectivity index (χ4v) is 10.2. The molecular formula is C30H31NO10S3. The molecule has 0 aromatic heterocycles. The molecule has 3 aliphatic rings. The molecule has 44 heavy (non-hydrogen) atoms. The van der Waals surface area contributed by atoms with E-state index in [0.717, 1.165) is 56.6 Å². The molecule has 0 aliphatic carbocycles. The Morgan fingerprint density at radius 2 is 1.39 bits per heavy atom. The van der Waals surface area contributed by atoms with Gasteiger partial charge in [0, 0.05) is 16.0 Å². The monoisotopic (exact) mass is 661 g/mol. The second-order valence-corrected chi connectivity index (χ2v) is 13.5. The number of anilines is 1. The maximum atomic E-state index is 13.7. The van der Waals surface area contributed by atoms with E-state index in [4.69, 9.17) is 23.7 Å². The Labute approximate surface area is 267 Å². The SMILES string of the molecule is C/C=C/C(=O)N1c2ccc(OCC)cc2C2=C(SC(C(=O)OC)=C(C(=O)OC)C23SC(C(=O)OC)=C(C(=O)OC)S3)C1(C)C. The Balaban J connectivity index is 2.20. The van der Waals surface area contributed by atoms with Crippen LogP contribution in [0.15, 0.2) is 55.5 Å². The summed E-state index contributed by atoms with van der Waals surface area (Å²) in [6.45, 7) is 7.51. The van der Waals surface area contributed by atoms with E-state index in [-0.39, 0.29) is 26.2 Å². The average molecular weight is 662 g/mol. The summed E-state index contributed by atoms with van der Waals surface area (Å²) in [7, 11) is 4.66. The number of esters is 4. The van der Waals surface area contributed by atoms with Crippen LogP contribution in [0, 0.1) is 0 Å². The van der Waals surface area contributed by atoms with E-state index in [2.05, 4.69) is 0 Å². The van der Waals surface area contributed by atoms with E-state index in [1.165, 1.54) is 13.2 Å². The number of hydrogen-bond acceptors (Lipinski definition) is 13. The minimum absolute atomic E-state index is 0.121. The largest absolute Gasteiger partial charge is 0.494 e. The number of carbonyl (C=O) groups excluding carboxylic acids is 5. The molecular weight excluding hydrogens is 631 g/mol. The Kier molecular flexibility index (Phi) is 9.66. The Bertz CT molecular complexity index is 1560. The van der Waals surface area contributed by atoms with E-state index >= 15 is 0 Å². The summed E-state index contributed by atoms with van der Waals surface area (Å²) in [4.78, 5) is 68.8. The van der Waals surface area contributed by atoms with Crippen molar-refractivity contribution in [3.63, 3.8) is 0 Å². The summed E-state index contributed by atoms with van der Waals surface area (Å²) < 4.78 is 24.5. The van der Waals surface area contributed by atoms with Gasteiger partial charge in [-0.3, -0.25) is 9.69 Å². The zero-order chi connectivity index (χ0) is 32.6. The molecule has 0 N–H and O–H groups in total. The van der Waals surface area contributed by atoms with Gasteiger partial charge in [-0.15, -0.1) is 0 Å². The van der Waals surface area contributed by atoms with Crippen molar-refractivity contribution in [2.75, 3.05) is 39.9 Å². The number of benzene rings is 1. The molecule has 14 heteroatoms. The fourth-order valence-electron chi connectivity index (χ4n) is 5.16. The van der Waals surface area contributed by atoms with E-state index in [1.54, 1.807) is 36.1 Å². The van der Waals surface area contributed by atoms with Crippen molar-refractivity contribution in [1.82, 2.24) is 0 Å². The highest BCUT2D eigenvalue weighted by Crippen LogP contribution is 2.71. The lowest BCUT2D eigenvalue weighted by atomic mass is 9.83. The number of amides is 1. The van der Waals surface area contributed by atoms with Crippen molar-refractivity contribution in [1.29, 1.82) is 0 Å². The molecule has 0 atom stereocenters. The van der Waals surface area contributed by atoms with Crippen LogP contribution in [0.1, 0.15) is 33.3 Å². The smallest absolute Gasteiger partial charge is 0.345 e. The van der Waals surface area contributed by atoms with Crippen LogP contribution in [0.2, 0.25) is 0 Å². The Hall–Kier alpha value is -3.62. The maximum Gasteiger partial charge on any atom is 0.345 e. The van der Waals surface area contributed by atoms with Gasteiger partial charge in [0.2, 0.25) is 0 Å². The van der Waals surface area contributed by atoms with Crippen LogP contribution in [0.4, 0.5) is 5.69 Å². The summed E-state index contributed by atoms with van der Waals surface area (Å²) in [6.07, 6.45) is 3.05. The Morgan fingerprint density at radius 1 is 0.841 bits per heavy atom. The normalized spacial score (nSPS) is 18.2. The van der Waals surface area contributed by atoms with Crippen LogP contribution in [0.5, 0.6) is 5.75 Å². The number of rotatable bonds is 7. The molecule has 1 aromatic rings. The summed E-state index contributed by atoms with van der Waals surface area (Å²) in [5.74, 6) is -3.26. The predicted molar refractivity (Wildman–Crippen MR) is 169 cm³/mol. The number of methoxy groups -OCH3 is 4. The molecule has 11 nitrogen and oxygen atoms in total. The first-order valence-electron chi connectivity index (χ1n) is 13.3. The van der Waals surface area contributed by atoms with Gasteiger partial charge < -0.3 is 23.7 Å². The minimum Gasteiger partial charge on any atom is -0.494 e. The molecule has 0 fully saturated rings. The highest BCUT2D eigenvalue weighted by Gasteiger charge is 2.61. The highest BCUT2D eigenvalue weighted by atomic mass is 32.2. The van der Waals surface area contributed by atoms with Gasteiger partial charge in [0.25, 0.3) is 5.91 Å². The first-order chi connectivity index (χ1) is 20.9. The van der Waals surface area contributed by atoms with Gasteiger partial charge in [0.1, 0.15) is 24.5 Å². The summed E-state index contributed by atoms with van der Waals surface area (Å²) >= 11 is 2.69. The quantitative estimate of drug-likeness (QED) is 0.229. The molecule has 0 unspecified atom stereocenters. The third kappa shape index (κ3) is 5.22. The molecule has 1 aromatic carbocycles. The molecule has 0 saturated carbocycles. The number of ether oxygens (including phenoxy) is 5. The third-order valence-corrected chi connectivity index (χ3v) is 11.6. The van der Waals surface area contributed by atoms with Crippen LogP contribution >= 0.6 is 35.3 Å². The highest BCUT2D eigenvalue weighted by molar-refractivity contribution is 8.26. The van der Waals surface area contributed by atoms with Crippen molar-refractivity contribution in [2.24, 2.45) is 0 Å². The van der Waals surface area contributed by atoms with Crippen LogP contribution in [0.3, 0.4) is 0 Å². The number of nitrogens with zero attached hydrogens (tertiary/aromatic N) is 1. The van der Waals surface area contributed by atoms with Gasteiger partial charge in [0.05, 0.1) is 51.8 Å². The molecule has 1 amide bonds. The fraction of sp³-hybridized carbons (Fsp3) is 0.367.